The van der Waals surface area contributed by atoms with E-state index in [0.717, 1.165) is 12.1 Å². The van der Waals surface area contributed by atoms with Crippen LogP contribution >= 0.6 is 0 Å². The molecular weight excluding hydrogens is 665 g/mol. The zero-order chi connectivity index (χ0) is 35.4. The first kappa shape index (κ1) is 33.3. The highest BCUT2D eigenvalue weighted by Gasteiger charge is 2.46. The van der Waals surface area contributed by atoms with Crippen LogP contribution in [0, 0.1) is 117 Å². The van der Waals surface area contributed by atoms with Crippen LogP contribution < -0.4 is 0 Å². The molecule has 0 bridgehead atoms. The minimum absolute atomic E-state index is 0.714. The number of halogens is 13. The fraction of sp³-hybridized carbons (Fsp3) is 0. The zero-order valence-corrected chi connectivity index (χ0v) is 21.6. The second kappa shape index (κ2) is 11.7. The van der Waals surface area contributed by atoms with Crippen LogP contribution in [0.2, 0.25) is 0 Å². The van der Waals surface area contributed by atoms with Crippen molar-refractivity contribution in [3.05, 3.63) is 137 Å². The van der Waals surface area contributed by atoms with E-state index in [1.807, 2.05) is 0 Å². The van der Waals surface area contributed by atoms with Crippen molar-refractivity contribution in [1.82, 2.24) is 0 Å². The number of nitriles is 3. The molecule has 0 N–H and O–H groups in total. The van der Waals surface area contributed by atoms with Gasteiger partial charge in [-0.15, -0.1) is 0 Å². The first-order valence-electron chi connectivity index (χ1n) is 11.5. The Hall–Kier alpha value is -6.58. The lowest BCUT2D eigenvalue weighted by Crippen LogP contribution is -2.06. The van der Waals surface area contributed by atoms with Gasteiger partial charge in [-0.3, -0.25) is 0 Å². The zero-order valence-electron chi connectivity index (χ0n) is 21.6. The average Bonchev–Trinajstić information content (AvgIpc) is 3.77. The predicted molar refractivity (Wildman–Crippen MR) is 129 cm³/mol. The van der Waals surface area contributed by atoms with Crippen LogP contribution in [-0.2, 0) is 0 Å². The monoisotopic (exact) mass is 665 g/mol. The third-order valence-corrected chi connectivity index (χ3v) is 6.43. The minimum atomic E-state index is -2.69. The molecule has 1 aliphatic rings. The number of rotatable bonds is 3. The quantitative estimate of drug-likeness (QED) is 0.122. The second-order valence-electron chi connectivity index (χ2n) is 8.71. The van der Waals surface area contributed by atoms with E-state index in [4.69, 9.17) is 23.7 Å². The fourth-order valence-corrected chi connectivity index (χ4v) is 4.29. The summed E-state index contributed by atoms with van der Waals surface area (Å²) in [6.07, 6.45) is 0. The van der Waals surface area contributed by atoms with E-state index in [1.54, 1.807) is 0 Å². The van der Waals surface area contributed by atoms with E-state index in [-0.39, 0.29) is 0 Å². The number of allylic oxidation sites excluding steroid dienone is 4. The summed E-state index contributed by atoms with van der Waals surface area (Å²) in [5, 5.41) is 27.2. The van der Waals surface area contributed by atoms with E-state index in [9.17, 15) is 57.9 Å². The first-order valence-corrected chi connectivity index (χ1v) is 11.5. The van der Waals surface area contributed by atoms with Crippen molar-refractivity contribution in [2.75, 3.05) is 0 Å². The van der Waals surface area contributed by atoms with Crippen molar-refractivity contribution in [2.45, 2.75) is 0 Å². The Labute approximate surface area is 251 Å². The van der Waals surface area contributed by atoms with Gasteiger partial charge in [-0.1, -0.05) is 0 Å². The molecule has 0 amide bonds. The summed E-state index contributed by atoms with van der Waals surface area (Å²) in [7, 11) is 0. The van der Waals surface area contributed by atoms with Gasteiger partial charge in [0.15, 0.2) is 69.8 Å². The molecule has 0 spiro atoms. The van der Waals surface area contributed by atoms with E-state index in [0.29, 0.717) is 6.07 Å². The second-order valence-corrected chi connectivity index (χ2v) is 8.71. The Morgan fingerprint density at radius 2 is 0.872 bits per heavy atom. The number of hydrogen-bond donors (Lipinski definition) is 0. The lowest BCUT2D eigenvalue weighted by molar-refractivity contribution is 0.442. The van der Waals surface area contributed by atoms with E-state index in [1.165, 1.54) is 0 Å². The third kappa shape index (κ3) is 4.61. The summed E-state index contributed by atoms with van der Waals surface area (Å²) in [4.78, 5) is 4.72. The maximum atomic E-state index is 15.9. The molecule has 4 rings (SSSR count). The smallest absolute Gasteiger partial charge is 0.237 e. The largest absolute Gasteiger partial charge is 0.262 e. The summed E-state index contributed by atoms with van der Waals surface area (Å²) in [6.45, 7) is 14.0. The molecule has 0 aliphatic heterocycles. The van der Waals surface area contributed by atoms with Crippen molar-refractivity contribution >= 4 is 22.8 Å². The summed E-state index contributed by atoms with van der Waals surface area (Å²) >= 11 is 0. The molecule has 1 aliphatic carbocycles. The summed E-state index contributed by atoms with van der Waals surface area (Å²) < 4.78 is 192. The van der Waals surface area contributed by atoms with Crippen molar-refractivity contribution in [3.63, 3.8) is 0 Å². The molecule has 0 unspecified atom stereocenters. The predicted octanol–water partition coefficient (Wildman–Crippen LogP) is 8.65. The SMILES string of the molecule is [C-]#[N+]/C(=C1/C(=C(\F)c2c(F)c(F)c(C#N)c(F)c2F)/C1=C(\C#N)c1c(F)c(F)c([N+]#[C-])c(F)c1F)c1c(F)c(F)c(C#N)c(F)c1F. The van der Waals surface area contributed by atoms with Crippen LogP contribution in [0.5, 0.6) is 0 Å². The van der Waals surface area contributed by atoms with Crippen LogP contribution in [0.25, 0.3) is 26.8 Å². The molecular formula is C29F13N5. The summed E-state index contributed by atoms with van der Waals surface area (Å²) in [5.74, 6) is -33.2. The molecule has 5 nitrogen and oxygen atoms in total. The molecule has 1 fully saturated rings. The van der Waals surface area contributed by atoms with Gasteiger partial charge in [0.25, 0.3) is 5.69 Å². The normalized spacial score (nSPS) is 15.1. The lowest BCUT2D eigenvalue weighted by atomic mass is 10.0. The number of nitrogens with zero attached hydrogens (tertiary/aromatic N) is 5. The van der Waals surface area contributed by atoms with E-state index < -0.39 is 137 Å². The third-order valence-electron chi connectivity index (χ3n) is 6.43. The van der Waals surface area contributed by atoms with Crippen LogP contribution in [0.3, 0.4) is 0 Å². The molecule has 0 atom stereocenters. The molecule has 0 aromatic heterocycles. The van der Waals surface area contributed by atoms with Gasteiger partial charge < -0.3 is 0 Å². The number of hydrogen-bond acceptors (Lipinski definition) is 3. The Bertz CT molecular complexity index is 2130. The fourth-order valence-electron chi connectivity index (χ4n) is 4.29. The molecule has 3 aromatic carbocycles. The lowest BCUT2D eigenvalue weighted by Gasteiger charge is -2.08. The summed E-state index contributed by atoms with van der Waals surface area (Å²) in [5.41, 5.74) is -21.1. The molecule has 18 heteroatoms. The van der Waals surface area contributed by atoms with Crippen LogP contribution in [0.4, 0.5) is 62.8 Å². The topological polar surface area (TPSA) is 80.1 Å². The van der Waals surface area contributed by atoms with Crippen molar-refractivity contribution in [2.24, 2.45) is 0 Å². The van der Waals surface area contributed by atoms with E-state index in [2.05, 4.69) is 9.69 Å². The standard InChI is InChI=1S/C29F13N5/c1-46-28(14-24(39)17(32)8(5-45)18(33)25(14)40)12-9(6(3-43)10-20(35)26(41)29(47-2)27(42)21(10)36)11(12)19(34)13-22(37)15(30)7(4-44)16(31)23(13)38/b9-6-,19-11-,28-12+. The highest BCUT2D eigenvalue weighted by atomic mass is 19.2. The van der Waals surface area contributed by atoms with Gasteiger partial charge in [-0.25, -0.2) is 66.8 Å². The summed E-state index contributed by atoms with van der Waals surface area (Å²) in [6, 6.07) is 2.35. The van der Waals surface area contributed by atoms with Crippen molar-refractivity contribution < 1.29 is 57.1 Å². The molecule has 1 saturated carbocycles. The molecule has 232 valence electrons. The maximum absolute atomic E-state index is 15.9. The van der Waals surface area contributed by atoms with Gasteiger partial charge in [0.2, 0.25) is 5.70 Å². The highest BCUT2D eigenvalue weighted by Crippen LogP contribution is 2.58. The van der Waals surface area contributed by atoms with Gasteiger partial charge in [0, 0.05) is 16.7 Å². The van der Waals surface area contributed by atoms with E-state index >= 15 is 4.39 Å². The molecule has 0 heterocycles. The Balaban J connectivity index is 2.33. The van der Waals surface area contributed by atoms with Gasteiger partial charge >= 0.3 is 0 Å². The minimum Gasteiger partial charge on any atom is -0.237 e. The maximum Gasteiger partial charge on any atom is 0.262 e. The number of benzene rings is 3. The van der Waals surface area contributed by atoms with Gasteiger partial charge in [0.05, 0.1) is 35.4 Å². The van der Waals surface area contributed by atoms with Gasteiger partial charge in [0.1, 0.15) is 35.2 Å². The Kier molecular flexibility index (Phi) is 8.32. The highest BCUT2D eigenvalue weighted by molar-refractivity contribution is 6.08. The van der Waals surface area contributed by atoms with Crippen LogP contribution in [0.1, 0.15) is 27.8 Å². The average molecular weight is 665 g/mol. The van der Waals surface area contributed by atoms with Gasteiger partial charge in [-0.2, -0.15) is 15.8 Å². The Morgan fingerprint density at radius 3 is 1.21 bits per heavy atom. The van der Waals surface area contributed by atoms with Crippen LogP contribution in [0.15, 0.2) is 16.7 Å². The molecule has 47 heavy (non-hydrogen) atoms. The molecule has 3 aromatic rings. The molecule has 0 saturated heterocycles. The van der Waals surface area contributed by atoms with Crippen molar-refractivity contribution in [3.8, 4) is 18.2 Å². The van der Waals surface area contributed by atoms with Crippen LogP contribution in [-0.4, -0.2) is 0 Å². The molecule has 0 radical (unpaired) electrons. The van der Waals surface area contributed by atoms with Gasteiger partial charge in [-0.05, 0) is 0 Å². The first-order chi connectivity index (χ1) is 22.1. The van der Waals surface area contributed by atoms with Crippen molar-refractivity contribution in [1.29, 1.82) is 15.8 Å². The Morgan fingerprint density at radius 1 is 0.489 bits per heavy atom.